The fourth-order valence-electron chi connectivity index (χ4n) is 4.11. The number of halogens is 3. The largest absolute Gasteiger partial charge is 0.401 e. The summed E-state index contributed by atoms with van der Waals surface area (Å²) >= 11 is 0. The molecule has 0 radical (unpaired) electrons. The fraction of sp³-hybridized carbons (Fsp3) is 0.588. The van der Waals surface area contributed by atoms with Gasteiger partial charge in [0.2, 0.25) is 5.91 Å². The highest BCUT2D eigenvalue weighted by Gasteiger charge is 2.56. The normalized spacial score (nSPS) is 32.1. The zero-order valence-corrected chi connectivity index (χ0v) is 13.1. The second-order valence-electron chi connectivity index (χ2n) is 6.80. The molecule has 1 saturated heterocycles. The first kappa shape index (κ1) is 15.9. The van der Waals surface area contributed by atoms with E-state index < -0.39 is 18.8 Å². The number of morpholine rings is 1. The Labute approximate surface area is 138 Å². The van der Waals surface area contributed by atoms with Gasteiger partial charge in [-0.25, -0.2) is 0 Å². The van der Waals surface area contributed by atoms with E-state index in [4.69, 9.17) is 4.74 Å². The quantitative estimate of drug-likeness (QED) is 0.911. The Kier molecular flexibility index (Phi) is 3.80. The van der Waals surface area contributed by atoms with Crippen LogP contribution in [0, 0.1) is 5.92 Å². The van der Waals surface area contributed by atoms with Crippen LogP contribution in [-0.2, 0) is 16.0 Å². The second kappa shape index (κ2) is 5.74. The van der Waals surface area contributed by atoms with E-state index in [2.05, 4.69) is 17.4 Å². The van der Waals surface area contributed by atoms with E-state index in [0.29, 0.717) is 11.8 Å². The number of carbonyl (C=O) groups is 1. The molecule has 1 heterocycles. The van der Waals surface area contributed by atoms with E-state index in [1.165, 1.54) is 16.0 Å². The lowest BCUT2D eigenvalue weighted by molar-refractivity contribution is -0.166. The highest BCUT2D eigenvalue weighted by Crippen LogP contribution is 2.56. The molecule has 3 aliphatic rings. The first-order valence-electron chi connectivity index (χ1n) is 8.21. The topological polar surface area (TPSA) is 41.6 Å². The number of fused-ring (bicyclic) bond motifs is 3. The molecule has 4 nitrogen and oxygen atoms in total. The second-order valence-corrected chi connectivity index (χ2v) is 6.80. The SMILES string of the molecule is O=C(N[C@@H]1[C@@H]2Cc3ccccc3[C@H]21)[C@H]1COCCN1CC(F)(F)F. The van der Waals surface area contributed by atoms with Crippen LogP contribution in [0.2, 0.25) is 0 Å². The number of ether oxygens (including phenoxy) is 1. The van der Waals surface area contributed by atoms with Crippen LogP contribution in [-0.4, -0.2) is 55.4 Å². The summed E-state index contributed by atoms with van der Waals surface area (Å²) in [5, 5.41) is 2.95. The van der Waals surface area contributed by atoms with Gasteiger partial charge >= 0.3 is 6.18 Å². The van der Waals surface area contributed by atoms with E-state index in [1.807, 2.05) is 12.1 Å². The zero-order chi connectivity index (χ0) is 16.9. The molecule has 24 heavy (non-hydrogen) atoms. The number of carbonyl (C=O) groups excluding carboxylic acids is 1. The number of nitrogens with zero attached hydrogens (tertiary/aromatic N) is 1. The number of alkyl halides is 3. The minimum absolute atomic E-state index is 0.0144. The van der Waals surface area contributed by atoms with Gasteiger partial charge in [0.15, 0.2) is 0 Å². The third-order valence-electron chi connectivity index (χ3n) is 5.27. The third kappa shape index (κ3) is 2.91. The summed E-state index contributed by atoms with van der Waals surface area (Å²) in [5.74, 6) is 0.341. The molecule has 0 spiro atoms. The molecule has 130 valence electrons. The average molecular weight is 340 g/mol. The van der Waals surface area contributed by atoms with Crippen molar-refractivity contribution in [1.29, 1.82) is 0 Å². The van der Waals surface area contributed by atoms with Gasteiger partial charge in [-0.3, -0.25) is 9.69 Å². The first-order chi connectivity index (χ1) is 11.4. The van der Waals surface area contributed by atoms with Crippen molar-refractivity contribution in [2.45, 2.75) is 30.6 Å². The predicted octanol–water partition coefficient (Wildman–Crippen LogP) is 1.70. The summed E-state index contributed by atoms with van der Waals surface area (Å²) in [6.07, 6.45) is -3.38. The maximum atomic E-state index is 12.7. The van der Waals surface area contributed by atoms with Gasteiger partial charge in [0.1, 0.15) is 6.04 Å². The van der Waals surface area contributed by atoms with Crippen LogP contribution in [0.1, 0.15) is 17.0 Å². The van der Waals surface area contributed by atoms with Crippen molar-refractivity contribution < 1.29 is 22.7 Å². The summed E-state index contributed by atoms with van der Waals surface area (Å²) in [5.41, 5.74) is 2.58. The number of rotatable bonds is 3. The molecule has 0 unspecified atom stereocenters. The lowest BCUT2D eigenvalue weighted by Crippen LogP contribution is -2.56. The molecule has 7 heteroatoms. The minimum Gasteiger partial charge on any atom is -0.378 e. The Bertz CT molecular complexity index is 649. The first-order valence-corrected chi connectivity index (χ1v) is 8.21. The van der Waals surface area contributed by atoms with E-state index >= 15 is 0 Å². The smallest absolute Gasteiger partial charge is 0.378 e. The van der Waals surface area contributed by atoms with Gasteiger partial charge in [0.25, 0.3) is 0 Å². The van der Waals surface area contributed by atoms with Crippen molar-refractivity contribution in [2.75, 3.05) is 26.3 Å². The number of nitrogens with one attached hydrogen (secondary N) is 1. The van der Waals surface area contributed by atoms with Crippen LogP contribution in [0.4, 0.5) is 13.2 Å². The summed E-state index contributed by atoms with van der Waals surface area (Å²) in [6, 6.07) is 7.34. The number of amides is 1. The lowest BCUT2D eigenvalue weighted by atomic mass is 10.0. The van der Waals surface area contributed by atoms with Crippen LogP contribution >= 0.6 is 0 Å². The minimum atomic E-state index is -4.31. The monoisotopic (exact) mass is 340 g/mol. The molecule has 1 amide bonds. The van der Waals surface area contributed by atoms with Crippen LogP contribution in [0.5, 0.6) is 0 Å². The molecule has 1 saturated carbocycles. The van der Waals surface area contributed by atoms with Gasteiger partial charge < -0.3 is 10.1 Å². The maximum Gasteiger partial charge on any atom is 0.401 e. The Morgan fingerprint density at radius 2 is 2.12 bits per heavy atom. The molecule has 1 N–H and O–H groups in total. The summed E-state index contributed by atoms with van der Waals surface area (Å²) in [7, 11) is 0. The fourth-order valence-corrected chi connectivity index (χ4v) is 4.11. The summed E-state index contributed by atoms with van der Waals surface area (Å²) < 4.78 is 43.3. The highest BCUT2D eigenvalue weighted by atomic mass is 19.4. The van der Waals surface area contributed by atoms with Gasteiger partial charge in [-0.2, -0.15) is 13.2 Å². The lowest BCUT2D eigenvalue weighted by Gasteiger charge is -2.35. The predicted molar refractivity (Wildman–Crippen MR) is 80.5 cm³/mol. The Balaban J connectivity index is 1.40. The average Bonchev–Trinajstić information content (AvgIpc) is 3.03. The molecule has 0 aromatic heterocycles. The number of benzene rings is 1. The number of hydrogen-bond acceptors (Lipinski definition) is 3. The van der Waals surface area contributed by atoms with Crippen LogP contribution in [0.25, 0.3) is 0 Å². The van der Waals surface area contributed by atoms with Gasteiger partial charge in [-0.05, 0) is 23.5 Å². The van der Waals surface area contributed by atoms with Crippen molar-refractivity contribution in [3.63, 3.8) is 0 Å². The van der Waals surface area contributed by atoms with E-state index in [1.54, 1.807) is 0 Å². The number of hydrogen-bond donors (Lipinski definition) is 1. The van der Waals surface area contributed by atoms with Crippen LogP contribution in [0.15, 0.2) is 24.3 Å². The molecular weight excluding hydrogens is 321 g/mol. The van der Waals surface area contributed by atoms with Crippen molar-refractivity contribution in [1.82, 2.24) is 10.2 Å². The molecule has 1 aromatic carbocycles. The van der Waals surface area contributed by atoms with E-state index in [-0.39, 0.29) is 31.7 Å². The molecule has 0 bridgehead atoms. The molecule has 2 aliphatic carbocycles. The Hall–Kier alpha value is -1.60. The van der Waals surface area contributed by atoms with Crippen molar-refractivity contribution in [2.24, 2.45) is 5.92 Å². The summed E-state index contributed by atoms with van der Waals surface area (Å²) in [4.78, 5) is 13.7. The molecule has 1 aromatic rings. The maximum absolute atomic E-state index is 12.7. The molecule has 4 rings (SSSR count). The molecule has 2 fully saturated rings. The van der Waals surface area contributed by atoms with Crippen LogP contribution < -0.4 is 5.32 Å². The van der Waals surface area contributed by atoms with E-state index in [9.17, 15) is 18.0 Å². The molecule has 1 aliphatic heterocycles. The zero-order valence-electron chi connectivity index (χ0n) is 13.1. The Morgan fingerprint density at radius 3 is 2.92 bits per heavy atom. The third-order valence-corrected chi connectivity index (χ3v) is 5.27. The Morgan fingerprint density at radius 1 is 1.33 bits per heavy atom. The van der Waals surface area contributed by atoms with Gasteiger partial charge in [0, 0.05) is 18.5 Å². The van der Waals surface area contributed by atoms with Crippen LogP contribution in [0.3, 0.4) is 0 Å². The van der Waals surface area contributed by atoms with E-state index in [0.717, 1.165) is 6.42 Å². The molecule has 4 atom stereocenters. The standard InChI is InChI=1S/C17H19F3N2O2/c18-17(19,20)9-22-5-6-24-8-13(22)16(23)21-15-12-7-10-3-1-2-4-11(10)14(12)15/h1-4,12-15H,5-9H2,(H,21,23)/t12-,13-,14-,15-/m1/s1. The van der Waals surface area contributed by atoms with Gasteiger partial charge in [-0.1, -0.05) is 24.3 Å². The highest BCUT2D eigenvalue weighted by molar-refractivity contribution is 5.83. The van der Waals surface area contributed by atoms with Crippen molar-refractivity contribution in [3.05, 3.63) is 35.4 Å². The van der Waals surface area contributed by atoms with Gasteiger partial charge in [-0.15, -0.1) is 0 Å². The van der Waals surface area contributed by atoms with Gasteiger partial charge in [0.05, 0.1) is 19.8 Å². The van der Waals surface area contributed by atoms with Crippen molar-refractivity contribution >= 4 is 5.91 Å². The summed E-state index contributed by atoms with van der Waals surface area (Å²) in [6.45, 7) is -0.713. The van der Waals surface area contributed by atoms with Crippen molar-refractivity contribution in [3.8, 4) is 0 Å². The molecular formula is C17H19F3N2O2.